The van der Waals surface area contributed by atoms with Crippen molar-refractivity contribution < 1.29 is 9.53 Å². The minimum Gasteiger partial charge on any atom is -0.465 e. The highest BCUT2D eigenvalue weighted by atomic mass is 16.5. The molecule has 1 N–H and O–H groups in total. The van der Waals surface area contributed by atoms with Crippen LogP contribution in [0.4, 0.5) is 0 Å². The average molecular weight is 270 g/mol. The lowest BCUT2D eigenvalue weighted by atomic mass is 9.98. The molecule has 0 saturated carbocycles. The van der Waals surface area contributed by atoms with Gasteiger partial charge in [0.1, 0.15) is 5.56 Å². The number of esters is 1. The molecule has 0 fully saturated rings. The lowest BCUT2D eigenvalue weighted by Crippen LogP contribution is -2.22. The molecule has 0 aliphatic carbocycles. The Morgan fingerprint density at radius 2 is 2.15 bits per heavy atom. The SMILES string of the molecule is COC(=O)c1c(CCCC#N)c2ccccc2[nH]c1=O. The largest absolute Gasteiger partial charge is 0.465 e. The summed E-state index contributed by atoms with van der Waals surface area (Å²) in [4.78, 5) is 26.6. The lowest BCUT2D eigenvalue weighted by Gasteiger charge is -2.10. The highest BCUT2D eigenvalue weighted by molar-refractivity contribution is 5.96. The van der Waals surface area contributed by atoms with Crippen LogP contribution in [0.15, 0.2) is 29.1 Å². The Bertz CT molecular complexity index is 741. The van der Waals surface area contributed by atoms with Gasteiger partial charge in [0, 0.05) is 17.3 Å². The fourth-order valence-electron chi connectivity index (χ4n) is 2.23. The van der Waals surface area contributed by atoms with Crippen LogP contribution in [-0.4, -0.2) is 18.1 Å². The summed E-state index contributed by atoms with van der Waals surface area (Å²) in [6.45, 7) is 0. The van der Waals surface area contributed by atoms with E-state index < -0.39 is 11.5 Å². The summed E-state index contributed by atoms with van der Waals surface area (Å²) < 4.78 is 4.69. The number of nitrogens with one attached hydrogen (secondary N) is 1. The normalized spacial score (nSPS) is 10.2. The van der Waals surface area contributed by atoms with Gasteiger partial charge in [-0.3, -0.25) is 4.79 Å². The molecular formula is C15H14N2O3. The average Bonchev–Trinajstić information content (AvgIpc) is 2.46. The summed E-state index contributed by atoms with van der Waals surface area (Å²) in [6.07, 6.45) is 1.46. The van der Waals surface area contributed by atoms with E-state index >= 15 is 0 Å². The number of unbranched alkanes of at least 4 members (excludes halogenated alkanes) is 1. The standard InChI is InChI=1S/C15H14N2O3/c1-20-15(19)13-11(7-4-5-9-16)10-6-2-3-8-12(10)17-14(13)18/h2-3,6,8H,4-5,7H2,1H3,(H,17,18). The summed E-state index contributed by atoms with van der Waals surface area (Å²) in [6, 6.07) is 9.35. The maximum atomic E-state index is 12.1. The van der Waals surface area contributed by atoms with Gasteiger partial charge >= 0.3 is 5.97 Å². The van der Waals surface area contributed by atoms with Gasteiger partial charge in [-0.2, -0.15) is 5.26 Å². The molecule has 5 heteroatoms. The number of H-pyrrole nitrogens is 1. The number of rotatable bonds is 4. The molecule has 1 aromatic carbocycles. The van der Waals surface area contributed by atoms with Gasteiger partial charge in [-0.1, -0.05) is 18.2 Å². The van der Waals surface area contributed by atoms with Crippen LogP contribution in [0.25, 0.3) is 10.9 Å². The number of nitriles is 1. The quantitative estimate of drug-likeness (QED) is 0.681. The van der Waals surface area contributed by atoms with E-state index in [0.29, 0.717) is 30.3 Å². The summed E-state index contributed by atoms with van der Waals surface area (Å²) in [5.74, 6) is -0.649. The number of methoxy groups -OCH3 is 1. The van der Waals surface area contributed by atoms with E-state index in [-0.39, 0.29) is 5.56 Å². The number of aromatic nitrogens is 1. The number of fused-ring (bicyclic) bond motifs is 1. The molecule has 0 bridgehead atoms. The second-order valence-corrected chi connectivity index (χ2v) is 4.36. The van der Waals surface area contributed by atoms with Crippen LogP contribution in [0.2, 0.25) is 0 Å². The first-order chi connectivity index (χ1) is 9.69. The molecule has 0 saturated heterocycles. The van der Waals surface area contributed by atoms with Gasteiger partial charge in [0.2, 0.25) is 0 Å². The van der Waals surface area contributed by atoms with E-state index in [2.05, 4.69) is 15.8 Å². The Kier molecular flexibility index (Phi) is 4.16. The van der Waals surface area contributed by atoms with Crippen molar-refractivity contribution in [2.45, 2.75) is 19.3 Å². The smallest absolute Gasteiger partial charge is 0.343 e. The van der Waals surface area contributed by atoms with Crippen molar-refractivity contribution in [3.63, 3.8) is 0 Å². The monoisotopic (exact) mass is 270 g/mol. The van der Waals surface area contributed by atoms with Gasteiger partial charge in [-0.15, -0.1) is 0 Å². The van der Waals surface area contributed by atoms with Crippen LogP contribution in [0.1, 0.15) is 28.8 Å². The van der Waals surface area contributed by atoms with Crippen molar-refractivity contribution in [2.75, 3.05) is 7.11 Å². The third-order valence-corrected chi connectivity index (χ3v) is 3.13. The number of hydrogen-bond acceptors (Lipinski definition) is 4. The number of benzene rings is 1. The van der Waals surface area contributed by atoms with E-state index in [1.165, 1.54) is 7.11 Å². The fourth-order valence-corrected chi connectivity index (χ4v) is 2.23. The van der Waals surface area contributed by atoms with Crippen LogP contribution in [-0.2, 0) is 11.2 Å². The molecular weight excluding hydrogens is 256 g/mol. The van der Waals surface area contributed by atoms with Gasteiger partial charge in [-0.05, 0) is 24.5 Å². The number of carbonyl (C=O) groups is 1. The molecule has 5 nitrogen and oxygen atoms in total. The molecule has 0 radical (unpaired) electrons. The van der Waals surface area contributed by atoms with E-state index in [1.54, 1.807) is 6.07 Å². The van der Waals surface area contributed by atoms with Crippen molar-refractivity contribution in [3.8, 4) is 6.07 Å². The molecule has 0 aliphatic rings. The third kappa shape index (κ3) is 2.54. The second-order valence-electron chi connectivity index (χ2n) is 4.36. The van der Waals surface area contributed by atoms with Crippen LogP contribution in [0, 0.1) is 11.3 Å². The van der Waals surface area contributed by atoms with Crippen molar-refractivity contribution >= 4 is 16.9 Å². The zero-order chi connectivity index (χ0) is 14.5. The first-order valence-electron chi connectivity index (χ1n) is 6.28. The topological polar surface area (TPSA) is 82.9 Å². The van der Waals surface area contributed by atoms with Gasteiger partial charge in [-0.25, -0.2) is 4.79 Å². The summed E-state index contributed by atoms with van der Waals surface area (Å²) >= 11 is 0. The number of pyridine rings is 1. The Labute approximate surface area is 115 Å². The molecule has 0 atom stereocenters. The summed E-state index contributed by atoms with van der Waals surface area (Å²) in [5.41, 5.74) is 0.898. The minimum atomic E-state index is -0.649. The number of aromatic amines is 1. The first-order valence-corrected chi connectivity index (χ1v) is 6.28. The van der Waals surface area contributed by atoms with Crippen molar-refractivity contribution in [1.29, 1.82) is 5.26 Å². The fraction of sp³-hybridized carbons (Fsp3) is 0.267. The molecule has 0 unspecified atom stereocenters. The zero-order valence-corrected chi connectivity index (χ0v) is 11.1. The van der Waals surface area contributed by atoms with Crippen molar-refractivity contribution in [2.24, 2.45) is 0 Å². The molecule has 2 aromatic rings. The van der Waals surface area contributed by atoms with Crippen LogP contribution >= 0.6 is 0 Å². The highest BCUT2D eigenvalue weighted by Crippen LogP contribution is 2.20. The summed E-state index contributed by atoms with van der Waals surface area (Å²) in [5, 5.41) is 9.44. The Hall–Kier alpha value is -2.61. The number of carbonyl (C=O) groups excluding carboxylic acids is 1. The van der Waals surface area contributed by atoms with Crippen LogP contribution < -0.4 is 5.56 Å². The maximum absolute atomic E-state index is 12.1. The second kappa shape index (κ2) is 6.02. The van der Waals surface area contributed by atoms with Crippen LogP contribution in [0.3, 0.4) is 0 Å². The molecule has 0 aliphatic heterocycles. The van der Waals surface area contributed by atoms with Crippen LogP contribution in [0.5, 0.6) is 0 Å². The summed E-state index contributed by atoms with van der Waals surface area (Å²) in [7, 11) is 1.25. The number of aryl methyl sites for hydroxylation is 1. The zero-order valence-electron chi connectivity index (χ0n) is 11.1. The Morgan fingerprint density at radius 1 is 1.40 bits per heavy atom. The predicted octanol–water partition coefficient (Wildman–Crippen LogP) is 2.16. The van der Waals surface area contributed by atoms with E-state index in [0.717, 1.165) is 5.39 Å². The molecule has 20 heavy (non-hydrogen) atoms. The highest BCUT2D eigenvalue weighted by Gasteiger charge is 2.19. The number of ether oxygens (including phenoxy) is 1. The lowest BCUT2D eigenvalue weighted by molar-refractivity contribution is 0.0597. The Morgan fingerprint density at radius 3 is 2.85 bits per heavy atom. The molecule has 102 valence electrons. The predicted molar refractivity (Wildman–Crippen MR) is 74.5 cm³/mol. The molecule has 0 spiro atoms. The molecule has 2 rings (SSSR count). The van der Waals surface area contributed by atoms with Crippen molar-refractivity contribution in [1.82, 2.24) is 4.98 Å². The van der Waals surface area contributed by atoms with E-state index in [4.69, 9.17) is 5.26 Å². The number of hydrogen-bond donors (Lipinski definition) is 1. The van der Waals surface area contributed by atoms with E-state index in [9.17, 15) is 9.59 Å². The van der Waals surface area contributed by atoms with Gasteiger partial charge in [0.05, 0.1) is 13.2 Å². The first kappa shape index (κ1) is 13.8. The van der Waals surface area contributed by atoms with Gasteiger partial charge in [0.25, 0.3) is 5.56 Å². The maximum Gasteiger partial charge on any atom is 0.343 e. The number of nitrogens with zero attached hydrogens (tertiary/aromatic N) is 1. The van der Waals surface area contributed by atoms with Crippen molar-refractivity contribution in [3.05, 3.63) is 45.7 Å². The van der Waals surface area contributed by atoms with Gasteiger partial charge < -0.3 is 9.72 Å². The third-order valence-electron chi connectivity index (χ3n) is 3.13. The number of para-hydroxylation sites is 1. The molecule has 1 heterocycles. The minimum absolute atomic E-state index is 0.0316. The van der Waals surface area contributed by atoms with Gasteiger partial charge in [0.15, 0.2) is 0 Å². The van der Waals surface area contributed by atoms with E-state index in [1.807, 2.05) is 18.2 Å². The molecule has 1 aromatic heterocycles. The molecule has 0 amide bonds. The Balaban J connectivity index is 2.66.